The van der Waals surface area contributed by atoms with Crippen molar-refractivity contribution in [2.45, 2.75) is 6.92 Å². The molecule has 0 radical (unpaired) electrons. The maximum absolute atomic E-state index is 11.0. The van der Waals surface area contributed by atoms with Gasteiger partial charge in [0.2, 0.25) is 5.91 Å². The third kappa shape index (κ3) is 3.73. The standard InChI is InChI=1S/C12H12BrN3O3S/c1-2-19-9-4-7(3-8(13)11(9)18)5-14-16-12-15-10(17)6-20-12/h3-5,18H,2,6H2,1H3,(H,15,16,17). The van der Waals surface area contributed by atoms with Crippen molar-refractivity contribution < 1.29 is 14.6 Å². The number of aromatic hydroxyl groups is 1. The van der Waals surface area contributed by atoms with Crippen molar-refractivity contribution in [1.82, 2.24) is 5.32 Å². The highest BCUT2D eigenvalue weighted by atomic mass is 79.9. The van der Waals surface area contributed by atoms with Gasteiger partial charge >= 0.3 is 0 Å². The first kappa shape index (κ1) is 14.9. The largest absolute Gasteiger partial charge is 0.503 e. The van der Waals surface area contributed by atoms with Gasteiger partial charge in [0.05, 0.1) is 23.0 Å². The third-order valence-corrected chi connectivity index (χ3v) is 3.76. The summed E-state index contributed by atoms with van der Waals surface area (Å²) < 4.78 is 5.83. The van der Waals surface area contributed by atoms with Crippen LogP contribution in [0.4, 0.5) is 0 Å². The Morgan fingerprint density at radius 1 is 1.60 bits per heavy atom. The maximum atomic E-state index is 11.0. The molecule has 2 N–H and O–H groups in total. The van der Waals surface area contributed by atoms with Crippen LogP contribution >= 0.6 is 27.7 Å². The van der Waals surface area contributed by atoms with Crippen LogP contribution < -0.4 is 10.1 Å². The van der Waals surface area contributed by atoms with Gasteiger partial charge in [-0.3, -0.25) is 4.79 Å². The number of amidine groups is 1. The molecule has 8 heteroatoms. The van der Waals surface area contributed by atoms with Crippen molar-refractivity contribution in [3.05, 3.63) is 22.2 Å². The topological polar surface area (TPSA) is 83.3 Å². The number of halogens is 1. The summed E-state index contributed by atoms with van der Waals surface area (Å²) in [6.07, 6.45) is 1.52. The molecule has 1 aromatic carbocycles. The van der Waals surface area contributed by atoms with Gasteiger partial charge in [-0.25, -0.2) is 0 Å². The number of benzene rings is 1. The van der Waals surface area contributed by atoms with E-state index in [-0.39, 0.29) is 11.7 Å². The number of amides is 1. The van der Waals surface area contributed by atoms with Gasteiger partial charge in [-0.1, -0.05) is 11.8 Å². The van der Waals surface area contributed by atoms with Crippen molar-refractivity contribution in [1.29, 1.82) is 0 Å². The van der Waals surface area contributed by atoms with E-state index in [0.717, 1.165) is 5.56 Å². The Labute approximate surface area is 128 Å². The van der Waals surface area contributed by atoms with E-state index in [1.807, 2.05) is 6.92 Å². The number of nitrogens with zero attached hydrogens (tertiary/aromatic N) is 2. The zero-order valence-corrected chi connectivity index (χ0v) is 13.0. The van der Waals surface area contributed by atoms with Gasteiger partial charge in [-0.15, -0.1) is 5.10 Å². The molecule has 1 aromatic rings. The number of carbonyl (C=O) groups excluding carboxylic acids is 1. The molecule has 106 valence electrons. The second-order valence-corrected chi connectivity index (χ2v) is 5.59. The molecule has 20 heavy (non-hydrogen) atoms. The molecule has 0 bridgehead atoms. The lowest BCUT2D eigenvalue weighted by Gasteiger charge is -2.08. The summed E-state index contributed by atoms with van der Waals surface area (Å²) in [4.78, 5) is 11.0. The first-order chi connectivity index (χ1) is 9.60. The molecule has 1 fully saturated rings. The van der Waals surface area contributed by atoms with Crippen LogP contribution in [-0.2, 0) is 4.79 Å². The first-order valence-corrected chi connectivity index (χ1v) is 7.57. The summed E-state index contributed by atoms with van der Waals surface area (Å²) in [7, 11) is 0. The van der Waals surface area contributed by atoms with Crippen LogP contribution in [0.5, 0.6) is 11.5 Å². The lowest BCUT2D eigenvalue weighted by molar-refractivity contribution is -0.116. The van der Waals surface area contributed by atoms with E-state index in [1.165, 1.54) is 18.0 Å². The number of hydrogen-bond donors (Lipinski definition) is 2. The highest BCUT2D eigenvalue weighted by Crippen LogP contribution is 2.35. The van der Waals surface area contributed by atoms with E-state index in [2.05, 4.69) is 31.4 Å². The molecular formula is C12H12BrN3O3S. The predicted octanol–water partition coefficient (Wildman–Crippen LogP) is 2.11. The van der Waals surface area contributed by atoms with Crippen LogP contribution in [0, 0.1) is 0 Å². The highest BCUT2D eigenvalue weighted by Gasteiger charge is 2.16. The Morgan fingerprint density at radius 2 is 2.40 bits per heavy atom. The number of hydrogen-bond acceptors (Lipinski definition) is 6. The van der Waals surface area contributed by atoms with Crippen molar-refractivity contribution >= 4 is 45.0 Å². The Morgan fingerprint density at radius 3 is 3.05 bits per heavy atom. The number of phenols is 1. The summed E-state index contributed by atoms with van der Waals surface area (Å²) in [6, 6.07) is 3.36. The maximum Gasteiger partial charge on any atom is 0.236 e. The molecule has 0 saturated carbocycles. The van der Waals surface area contributed by atoms with E-state index in [0.29, 0.717) is 27.7 Å². The van der Waals surface area contributed by atoms with E-state index < -0.39 is 0 Å². The molecule has 2 rings (SSSR count). The summed E-state index contributed by atoms with van der Waals surface area (Å²) in [5.41, 5.74) is 0.719. The van der Waals surface area contributed by atoms with Gasteiger partial charge in [-0.2, -0.15) is 5.10 Å². The predicted molar refractivity (Wildman–Crippen MR) is 82.6 cm³/mol. The molecule has 0 atom stereocenters. The average molecular weight is 358 g/mol. The monoisotopic (exact) mass is 357 g/mol. The lowest BCUT2D eigenvalue weighted by atomic mass is 10.2. The van der Waals surface area contributed by atoms with Crippen LogP contribution in [0.15, 0.2) is 26.8 Å². The number of carbonyl (C=O) groups is 1. The quantitative estimate of drug-likeness (QED) is 0.638. The third-order valence-electron chi connectivity index (χ3n) is 2.29. The molecule has 1 aliphatic rings. The molecule has 0 aliphatic carbocycles. The average Bonchev–Trinajstić information content (AvgIpc) is 2.81. The molecular weight excluding hydrogens is 346 g/mol. The van der Waals surface area contributed by atoms with Gasteiger partial charge in [-0.05, 0) is 40.5 Å². The first-order valence-electron chi connectivity index (χ1n) is 5.79. The van der Waals surface area contributed by atoms with Gasteiger partial charge < -0.3 is 15.2 Å². The minimum Gasteiger partial charge on any atom is -0.503 e. The lowest BCUT2D eigenvalue weighted by Crippen LogP contribution is -2.19. The number of nitrogens with one attached hydrogen (secondary N) is 1. The summed E-state index contributed by atoms with van der Waals surface area (Å²) in [5.74, 6) is 0.719. The van der Waals surface area contributed by atoms with E-state index >= 15 is 0 Å². The van der Waals surface area contributed by atoms with Crippen LogP contribution in [0.2, 0.25) is 0 Å². The molecule has 1 saturated heterocycles. The Hall–Kier alpha value is -1.54. The van der Waals surface area contributed by atoms with Gasteiger partial charge in [0, 0.05) is 0 Å². The Balaban J connectivity index is 2.15. The van der Waals surface area contributed by atoms with Crippen molar-refractivity contribution in [2.75, 3.05) is 12.4 Å². The molecule has 1 aliphatic heterocycles. The van der Waals surface area contributed by atoms with Crippen LogP contribution in [0.3, 0.4) is 0 Å². The highest BCUT2D eigenvalue weighted by molar-refractivity contribution is 9.10. The second-order valence-electron chi connectivity index (χ2n) is 3.77. The van der Waals surface area contributed by atoms with Crippen molar-refractivity contribution in [3.8, 4) is 11.5 Å². The van der Waals surface area contributed by atoms with Gasteiger partial charge in [0.1, 0.15) is 0 Å². The second kappa shape index (κ2) is 6.76. The molecule has 0 spiro atoms. The smallest absolute Gasteiger partial charge is 0.236 e. The Bertz CT molecular complexity index is 590. The summed E-state index contributed by atoms with van der Waals surface area (Å²) in [5, 5.41) is 20.6. The van der Waals surface area contributed by atoms with Gasteiger partial charge in [0.15, 0.2) is 16.7 Å². The number of thioether (sulfide) groups is 1. The molecule has 1 heterocycles. The Kier molecular flexibility index (Phi) is 5.02. The molecule has 0 unspecified atom stereocenters. The van der Waals surface area contributed by atoms with Crippen LogP contribution in [-0.4, -0.2) is 34.8 Å². The number of rotatable bonds is 4. The molecule has 0 aromatic heterocycles. The fraction of sp³-hybridized carbons (Fsp3) is 0.250. The zero-order chi connectivity index (χ0) is 14.5. The molecule has 6 nitrogen and oxygen atoms in total. The van der Waals surface area contributed by atoms with Crippen LogP contribution in [0.1, 0.15) is 12.5 Å². The van der Waals surface area contributed by atoms with E-state index in [9.17, 15) is 9.90 Å². The van der Waals surface area contributed by atoms with Crippen LogP contribution in [0.25, 0.3) is 0 Å². The van der Waals surface area contributed by atoms with Gasteiger partial charge in [0.25, 0.3) is 0 Å². The van der Waals surface area contributed by atoms with Crippen molar-refractivity contribution in [3.63, 3.8) is 0 Å². The molecule has 1 amide bonds. The van der Waals surface area contributed by atoms with E-state index in [1.54, 1.807) is 12.1 Å². The van der Waals surface area contributed by atoms with E-state index in [4.69, 9.17) is 4.74 Å². The summed E-state index contributed by atoms with van der Waals surface area (Å²) in [6.45, 7) is 2.28. The minimum absolute atomic E-state index is 0.0499. The number of ether oxygens (including phenoxy) is 1. The number of phenolic OH excluding ortho intramolecular Hbond substituents is 1. The minimum atomic E-state index is -0.0741. The van der Waals surface area contributed by atoms with Crippen molar-refractivity contribution in [2.24, 2.45) is 10.2 Å². The fourth-order valence-corrected chi connectivity index (χ4v) is 2.55. The zero-order valence-electron chi connectivity index (χ0n) is 10.6. The fourth-order valence-electron chi connectivity index (χ4n) is 1.46. The summed E-state index contributed by atoms with van der Waals surface area (Å²) >= 11 is 4.55. The normalized spacial score (nSPS) is 16.9. The SMILES string of the molecule is CCOc1cc(C=NN=C2NC(=O)CS2)cc(Br)c1O.